The number of pyridine rings is 1. The van der Waals surface area contributed by atoms with Gasteiger partial charge in [-0.05, 0) is 40.1 Å². The molecule has 1 aromatic carbocycles. The summed E-state index contributed by atoms with van der Waals surface area (Å²) >= 11 is 6.17. The first kappa shape index (κ1) is 16.1. The van der Waals surface area contributed by atoms with Crippen LogP contribution < -0.4 is 4.90 Å². The molecule has 114 valence electrons. The molecule has 0 radical (unpaired) electrons. The maximum Gasteiger partial charge on any atom is 0.133 e. The van der Waals surface area contributed by atoms with Crippen LogP contribution in [0.5, 0.6) is 0 Å². The van der Waals surface area contributed by atoms with Crippen LogP contribution in [0.25, 0.3) is 10.9 Å². The van der Waals surface area contributed by atoms with Crippen molar-refractivity contribution < 1.29 is 0 Å². The third-order valence-electron chi connectivity index (χ3n) is 3.70. The van der Waals surface area contributed by atoms with Crippen molar-refractivity contribution in [3.8, 4) is 0 Å². The number of hydrogen-bond donors (Lipinski definition) is 0. The molecule has 0 fully saturated rings. The fourth-order valence-corrected chi connectivity index (χ4v) is 2.99. The molecule has 0 N–H and O–H groups in total. The second-order valence-corrected chi connectivity index (χ2v) is 5.96. The van der Waals surface area contributed by atoms with Gasteiger partial charge in [0.05, 0.1) is 11.4 Å². The van der Waals surface area contributed by atoms with Gasteiger partial charge in [0.1, 0.15) is 5.82 Å². The van der Waals surface area contributed by atoms with E-state index < -0.39 is 0 Å². The number of benzene rings is 1. The van der Waals surface area contributed by atoms with Gasteiger partial charge in [-0.15, -0.1) is 11.6 Å². The monoisotopic (exact) mass is 305 g/mol. The van der Waals surface area contributed by atoms with Crippen LogP contribution in [0.15, 0.2) is 30.3 Å². The van der Waals surface area contributed by atoms with Gasteiger partial charge in [0, 0.05) is 30.1 Å². The summed E-state index contributed by atoms with van der Waals surface area (Å²) in [5.74, 6) is 1.50. The molecule has 2 rings (SSSR count). The lowest BCUT2D eigenvalue weighted by molar-refractivity contribution is 0.372. The van der Waals surface area contributed by atoms with Gasteiger partial charge in [-0.25, -0.2) is 4.98 Å². The molecule has 0 aliphatic rings. The Morgan fingerprint density at radius 3 is 2.57 bits per heavy atom. The van der Waals surface area contributed by atoms with Gasteiger partial charge >= 0.3 is 0 Å². The van der Waals surface area contributed by atoms with E-state index in [9.17, 15) is 0 Å². The van der Waals surface area contributed by atoms with Crippen molar-refractivity contribution in [1.29, 1.82) is 0 Å². The number of rotatable bonds is 6. The van der Waals surface area contributed by atoms with E-state index in [2.05, 4.69) is 55.9 Å². The van der Waals surface area contributed by atoms with E-state index in [-0.39, 0.29) is 0 Å². The highest BCUT2D eigenvalue weighted by Crippen LogP contribution is 2.26. The lowest BCUT2D eigenvalue weighted by Gasteiger charge is -2.32. The molecule has 1 heterocycles. The minimum Gasteiger partial charge on any atom is -0.353 e. The number of fused-ring (bicyclic) bond motifs is 1. The molecule has 2 aromatic rings. The van der Waals surface area contributed by atoms with E-state index >= 15 is 0 Å². The van der Waals surface area contributed by atoms with E-state index in [1.807, 2.05) is 12.1 Å². The Morgan fingerprint density at radius 1 is 1.24 bits per heavy atom. The molecule has 0 spiro atoms. The summed E-state index contributed by atoms with van der Waals surface area (Å²) < 4.78 is 0. The van der Waals surface area contributed by atoms with Crippen LogP contribution in [0.3, 0.4) is 0 Å². The van der Waals surface area contributed by atoms with Crippen molar-refractivity contribution >= 4 is 28.3 Å². The number of aromatic nitrogens is 1. The molecule has 3 nitrogen and oxygen atoms in total. The fraction of sp³-hybridized carbons (Fsp3) is 0.471. The normalized spacial score (nSPS) is 12.9. The molecule has 1 unspecified atom stereocenters. The highest BCUT2D eigenvalue weighted by molar-refractivity contribution is 6.17. The van der Waals surface area contributed by atoms with Gasteiger partial charge < -0.3 is 9.80 Å². The quantitative estimate of drug-likeness (QED) is 0.758. The van der Waals surface area contributed by atoms with E-state index in [0.717, 1.165) is 35.4 Å². The Kier molecular flexibility index (Phi) is 5.43. The smallest absolute Gasteiger partial charge is 0.133 e. The largest absolute Gasteiger partial charge is 0.353 e. The molecular formula is C17H24ClN3. The van der Waals surface area contributed by atoms with Gasteiger partial charge in [0.15, 0.2) is 0 Å². The van der Waals surface area contributed by atoms with Crippen molar-refractivity contribution in [3.63, 3.8) is 0 Å². The molecule has 0 amide bonds. The van der Waals surface area contributed by atoms with Crippen LogP contribution in [-0.2, 0) is 5.88 Å². The second kappa shape index (κ2) is 7.10. The van der Waals surface area contributed by atoms with Crippen LogP contribution in [-0.4, -0.2) is 43.1 Å². The predicted molar refractivity (Wildman–Crippen MR) is 92.3 cm³/mol. The molecule has 0 bridgehead atoms. The van der Waals surface area contributed by atoms with E-state index in [4.69, 9.17) is 16.6 Å². The Balaban J connectivity index is 2.46. The molecule has 0 saturated heterocycles. The number of hydrogen-bond acceptors (Lipinski definition) is 3. The van der Waals surface area contributed by atoms with E-state index in [1.54, 1.807) is 0 Å². The molecule has 1 atom stereocenters. The lowest BCUT2D eigenvalue weighted by atomic mass is 10.1. The summed E-state index contributed by atoms with van der Waals surface area (Å²) in [5, 5.41) is 1.15. The van der Waals surface area contributed by atoms with Crippen molar-refractivity contribution in [2.75, 3.05) is 32.1 Å². The van der Waals surface area contributed by atoms with Gasteiger partial charge in [-0.1, -0.05) is 18.2 Å². The molecular weight excluding hydrogens is 282 g/mol. The summed E-state index contributed by atoms with van der Waals surface area (Å²) in [6.07, 6.45) is 0. The van der Waals surface area contributed by atoms with E-state index in [1.165, 1.54) is 0 Å². The lowest BCUT2D eigenvalue weighted by Crippen LogP contribution is -2.41. The van der Waals surface area contributed by atoms with Crippen LogP contribution in [0.2, 0.25) is 0 Å². The highest BCUT2D eigenvalue weighted by atomic mass is 35.5. The number of alkyl halides is 1. The Morgan fingerprint density at radius 2 is 1.95 bits per heavy atom. The molecule has 1 aromatic heterocycles. The Labute approximate surface area is 132 Å². The van der Waals surface area contributed by atoms with Gasteiger partial charge in [0.25, 0.3) is 0 Å². The minimum absolute atomic E-state index is 0.389. The molecule has 0 saturated carbocycles. The average molecular weight is 306 g/mol. The standard InChI is InChI=1S/C17H24ClN3/c1-5-21(13(2)12-20(3)4)17-15(11-18)10-14-8-6-7-9-16(14)19-17/h6-10,13H,5,11-12H2,1-4H3. The average Bonchev–Trinajstić information content (AvgIpc) is 2.46. The molecule has 4 heteroatoms. The summed E-state index contributed by atoms with van der Waals surface area (Å²) in [6, 6.07) is 10.8. The third-order valence-corrected chi connectivity index (χ3v) is 3.99. The third kappa shape index (κ3) is 3.66. The van der Waals surface area contributed by atoms with Crippen LogP contribution >= 0.6 is 11.6 Å². The SMILES string of the molecule is CCN(c1nc2ccccc2cc1CCl)C(C)CN(C)C. The highest BCUT2D eigenvalue weighted by Gasteiger charge is 2.18. The summed E-state index contributed by atoms with van der Waals surface area (Å²) in [6.45, 7) is 6.31. The first-order chi connectivity index (χ1) is 10.1. The zero-order valence-corrected chi connectivity index (χ0v) is 14.1. The topological polar surface area (TPSA) is 19.4 Å². The first-order valence-corrected chi connectivity index (χ1v) is 7.96. The molecule has 21 heavy (non-hydrogen) atoms. The number of anilines is 1. The van der Waals surface area contributed by atoms with Crippen molar-refractivity contribution in [1.82, 2.24) is 9.88 Å². The number of nitrogens with zero attached hydrogens (tertiary/aromatic N) is 3. The molecule has 0 aliphatic heterocycles. The first-order valence-electron chi connectivity index (χ1n) is 7.42. The summed E-state index contributed by atoms with van der Waals surface area (Å²) in [4.78, 5) is 9.41. The number of halogens is 1. The van der Waals surface area contributed by atoms with Gasteiger partial charge in [-0.3, -0.25) is 0 Å². The van der Waals surface area contributed by atoms with Crippen LogP contribution in [0, 0.1) is 0 Å². The maximum absolute atomic E-state index is 6.17. The minimum atomic E-state index is 0.389. The van der Waals surface area contributed by atoms with Crippen molar-refractivity contribution in [3.05, 3.63) is 35.9 Å². The summed E-state index contributed by atoms with van der Waals surface area (Å²) in [5.41, 5.74) is 2.12. The Hall–Kier alpha value is -1.32. The van der Waals surface area contributed by atoms with Gasteiger partial charge in [0.2, 0.25) is 0 Å². The Bertz CT molecular complexity index is 598. The summed E-state index contributed by atoms with van der Waals surface area (Å²) in [7, 11) is 4.20. The van der Waals surface area contributed by atoms with Crippen LogP contribution in [0.1, 0.15) is 19.4 Å². The second-order valence-electron chi connectivity index (χ2n) is 5.69. The fourth-order valence-electron chi connectivity index (χ4n) is 2.79. The van der Waals surface area contributed by atoms with Crippen molar-refractivity contribution in [2.45, 2.75) is 25.8 Å². The zero-order chi connectivity index (χ0) is 15.4. The van der Waals surface area contributed by atoms with Gasteiger partial charge in [-0.2, -0.15) is 0 Å². The predicted octanol–water partition coefficient (Wildman–Crippen LogP) is 3.75. The van der Waals surface area contributed by atoms with Crippen LogP contribution in [0.4, 0.5) is 5.82 Å². The van der Waals surface area contributed by atoms with Crippen molar-refractivity contribution in [2.24, 2.45) is 0 Å². The number of para-hydroxylation sites is 1. The van der Waals surface area contributed by atoms with E-state index in [0.29, 0.717) is 11.9 Å². The number of likely N-dealkylation sites (N-methyl/N-ethyl adjacent to an activating group) is 2. The zero-order valence-electron chi connectivity index (χ0n) is 13.3. The maximum atomic E-state index is 6.17. The molecule has 0 aliphatic carbocycles.